The van der Waals surface area contributed by atoms with Crippen LogP contribution in [0.1, 0.15) is 39.5 Å². The minimum Gasteiger partial charge on any atom is -0.480 e. The SMILES string of the molecule is C/C=C/C/C=C/CC/C=C/CCSC[C@H](NC(C)=O)C(=O)O. The number of amides is 1. The minimum absolute atomic E-state index is 0.310. The van der Waals surface area contributed by atoms with E-state index < -0.39 is 12.0 Å². The zero-order chi connectivity index (χ0) is 16.6. The summed E-state index contributed by atoms with van der Waals surface area (Å²) >= 11 is 1.54. The largest absolute Gasteiger partial charge is 0.480 e. The van der Waals surface area contributed by atoms with Crippen LogP contribution in [-0.2, 0) is 9.59 Å². The van der Waals surface area contributed by atoms with Crippen molar-refractivity contribution in [3.8, 4) is 0 Å². The van der Waals surface area contributed by atoms with Crippen molar-refractivity contribution >= 4 is 23.6 Å². The van der Waals surface area contributed by atoms with Gasteiger partial charge in [-0.05, 0) is 38.4 Å². The molecule has 0 radical (unpaired) electrons. The zero-order valence-corrected chi connectivity index (χ0v) is 14.3. The molecule has 0 unspecified atom stereocenters. The van der Waals surface area contributed by atoms with Gasteiger partial charge in [-0.3, -0.25) is 4.79 Å². The summed E-state index contributed by atoms with van der Waals surface area (Å²) in [5, 5.41) is 11.4. The molecule has 4 nitrogen and oxygen atoms in total. The molecule has 0 saturated carbocycles. The van der Waals surface area contributed by atoms with Crippen LogP contribution in [0.4, 0.5) is 0 Å². The van der Waals surface area contributed by atoms with Gasteiger partial charge in [-0.2, -0.15) is 11.8 Å². The zero-order valence-electron chi connectivity index (χ0n) is 13.5. The summed E-state index contributed by atoms with van der Waals surface area (Å²) in [4.78, 5) is 21.8. The summed E-state index contributed by atoms with van der Waals surface area (Å²) in [5.74, 6) is -0.0358. The van der Waals surface area contributed by atoms with Crippen molar-refractivity contribution < 1.29 is 14.7 Å². The molecule has 0 aliphatic carbocycles. The lowest BCUT2D eigenvalue weighted by Gasteiger charge is -2.12. The number of aliphatic carboxylic acids is 1. The van der Waals surface area contributed by atoms with Crippen LogP contribution in [-0.4, -0.2) is 34.5 Å². The van der Waals surface area contributed by atoms with Crippen LogP contribution in [0.15, 0.2) is 36.5 Å². The molecule has 0 spiro atoms. The molecule has 0 heterocycles. The summed E-state index contributed by atoms with van der Waals surface area (Å²) in [5.41, 5.74) is 0. The number of hydrogen-bond acceptors (Lipinski definition) is 3. The summed E-state index contributed by atoms with van der Waals surface area (Å²) in [6.45, 7) is 3.35. The highest BCUT2D eigenvalue weighted by Crippen LogP contribution is 2.06. The van der Waals surface area contributed by atoms with Crippen LogP contribution in [0, 0.1) is 0 Å². The summed E-state index contributed by atoms with van der Waals surface area (Å²) in [7, 11) is 0. The highest BCUT2D eigenvalue weighted by molar-refractivity contribution is 7.99. The molecule has 0 aliphatic heterocycles. The van der Waals surface area contributed by atoms with Gasteiger partial charge in [0.15, 0.2) is 0 Å². The van der Waals surface area contributed by atoms with Gasteiger partial charge < -0.3 is 10.4 Å². The third kappa shape index (κ3) is 13.5. The van der Waals surface area contributed by atoms with Crippen LogP contribution in [0.2, 0.25) is 0 Å². The smallest absolute Gasteiger partial charge is 0.327 e. The Morgan fingerprint density at radius 1 is 1.09 bits per heavy atom. The Balaban J connectivity index is 3.62. The quantitative estimate of drug-likeness (QED) is 0.425. The third-order valence-corrected chi connectivity index (χ3v) is 3.82. The molecule has 0 aromatic carbocycles. The van der Waals surface area contributed by atoms with Crippen molar-refractivity contribution in [2.75, 3.05) is 11.5 Å². The Labute approximate surface area is 137 Å². The number of carbonyl (C=O) groups excluding carboxylic acids is 1. The van der Waals surface area contributed by atoms with Crippen LogP contribution < -0.4 is 5.32 Å². The van der Waals surface area contributed by atoms with E-state index in [-0.39, 0.29) is 5.91 Å². The first-order valence-corrected chi connectivity index (χ1v) is 8.72. The molecule has 5 heteroatoms. The average molecular weight is 325 g/mol. The maximum Gasteiger partial charge on any atom is 0.327 e. The first-order chi connectivity index (χ1) is 10.6. The summed E-state index contributed by atoms with van der Waals surface area (Å²) in [6, 6.07) is -0.797. The van der Waals surface area contributed by atoms with Crippen LogP contribution >= 0.6 is 11.8 Å². The molecule has 1 atom stereocenters. The van der Waals surface area contributed by atoms with E-state index in [0.29, 0.717) is 5.75 Å². The summed E-state index contributed by atoms with van der Waals surface area (Å²) in [6.07, 6.45) is 16.8. The molecule has 0 aromatic heterocycles. The fourth-order valence-electron chi connectivity index (χ4n) is 1.63. The number of hydrogen-bond donors (Lipinski definition) is 2. The number of thioether (sulfide) groups is 1. The van der Waals surface area contributed by atoms with E-state index >= 15 is 0 Å². The third-order valence-electron chi connectivity index (χ3n) is 2.73. The van der Waals surface area contributed by atoms with E-state index in [0.717, 1.165) is 31.4 Å². The highest BCUT2D eigenvalue weighted by Gasteiger charge is 2.17. The second-order valence-electron chi connectivity index (χ2n) is 4.78. The van der Waals surface area contributed by atoms with Crippen molar-refractivity contribution in [3.05, 3.63) is 36.5 Å². The fraction of sp³-hybridized carbons (Fsp3) is 0.529. The van der Waals surface area contributed by atoms with Crippen LogP contribution in [0.5, 0.6) is 0 Å². The first-order valence-electron chi connectivity index (χ1n) is 7.56. The van der Waals surface area contributed by atoms with Gasteiger partial charge >= 0.3 is 5.97 Å². The lowest BCUT2D eigenvalue weighted by molar-refractivity contribution is -0.140. The molecule has 0 aliphatic rings. The summed E-state index contributed by atoms with van der Waals surface area (Å²) < 4.78 is 0. The van der Waals surface area contributed by atoms with Crippen molar-refractivity contribution in [2.24, 2.45) is 0 Å². The number of unbranched alkanes of at least 4 members (excludes halogenated alkanes) is 1. The van der Waals surface area contributed by atoms with Gasteiger partial charge in [0.1, 0.15) is 6.04 Å². The van der Waals surface area contributed by atoms with E-state index in [1.807, 2.05) is 13.0 Å². The van der Waals surface area contributed by atoms with Gasteiger partial charge in [0.2, 0.25) is 5.91 Å². The van der Waals surface area contributed by atoms with Gasteiger partial charge in [0.25, 0.3) is 0 Å². The van der Waals surface area contributed by atoms with Crippen molar-refractivity contribution in [1.29, 1.82) is 0 Å². The molecule has 0 fully saturated rings. The molecule has 22 heavy (non-hydrogen) atoms. The second kappa shape index (κ2) is 14.4. The molecule has 2 N–H and O–H groups in total. The number of carboxylic acids is 1. The van der Waals surface area contributed by atoms with E-state index in [9.17, 15) is 9.59 Å². The topological polar surface area (TPSA) is 66.4 Å². The number of nitrogens with one attached hydrogen (secondary N) is 1. The molecule has 0 bridgehead atoms. The number of allylic oxidation sites excluding steroid dienone is 6. The number of rotatable bonds is 12. The van der Waals surface area contributed by atoms with Gasteiger partial charge in [-0.15, -0.1) is 0 Å². The standard InChI is InChI=1S/C17H27NO3S/c1-3-4-5-6-7-8-9-10-11-12-13-22-14-16(17(20)21)18-15(2)19/h3-4,6-7,10-11,16H,5,8-9,12-14H2,1-2H3,(H,18,19)(H,20,21)/b4-3+,7-6+,11-10+/t16-/m0/s1. The number of carbonyl (C=O) groups is 2. The van der Waals surface area contributed by atoms with Crippen molar-refractivity contribution in [2.45, 2.75) is 45.6 Å². The van der Waals surface area contributed by atoms with Crippen molar-refractivity contribution in [3.63, 3.8) is 0 Å². The van der Waals surface area contributed by atoms with Crippen LogP contribution in [0.3, 0.4) is 0 Å². The van der Waals surface area contributed by atoms with Crippen molar-refractivity contribution in [1.82, 2.24) is 5.32 Å². The molecule has 0 saturated heterocycles. The van der Waals surface area contributed by atoms with E-state index in [1.54, 1.807) is 11.8 Å². The molecule has 1 amide bonds. The first kappa shape index (κ1) is 20.5. The lowest BCUT2D eigenvalue weighted by atomic mass is 10.2. The van der Waals surface area contributed by atoms with Gasteiger partial charge in [-0.25, -0.2) is 4.79 Å². The minimum atomic E-state index is -0.983. The Morgan fingerprint density at radius 3 is 2.32 bits per heavy atom. The monoisotopic (exact) mass is 325 g/mol. The molecular weight excluding hydrogens is 298 g/mol. The predicted octanol–water partition coefficient (Wildman–Crippen LogP) is 3.56. The van der Waals surface area contributed by atoms with E-state index in [1.165, 1.54) is 6.92 Å². The fourth-order valence-corrected chi connectivity index (χ4v) is 2.56. The van der Waals surface area contributed by atoms with Gasteiger partial charge in [0.05, 0.1) is 0 Å². The Hall–Kier alpha value is -1.49. The predicted molar refractivity (Wildman–Crippen MR) is 94.1 cm³/mol. The van der Waals surface area contributed by atoms with E-state index in [4.69, 9.17) is 5.11 Å². The normalized spacial score (nSPS) is 13.2. The van der Waals surface area contributed by atoms with Gasteiger partial charge in [-0.1, -0.05) is 36.5 Å². The Morgan fingerprint density at radius 2 is 1.73 bits per heavy atom. The number of carboxylic acid groups (broad SMARTS) is 1. The highest BCUT2D eigenvalue weighted by atomic mass is 32.2. The average Bonchev–Trinajstić information content (AvgIpc) is 2.46. The maximum absolute atomic E-state index is 10.9. The molecular formula is C17H27NO3S. The molecule has 124 valence electrons. The maximum atomic E-state index is 10.9. The Bertz CT molecular complexity index is 403. The lowest BCUT2D eigenvalue weighted by Crippen LogP contribution is -2.41. The van der Waals surface area contributed by atoms with Crippen LogP contribution in [0.25, 0.3) is 0 Å². The molecule has 0 aromatic rings. The molecule has 0 rings (SSSR count). The van der Waals surface area contributed by atoms with Gasteiger partial charge in [0, 0.05) is 12.7 Å². The second-order valence-corrected chi connectivity index (χ2v) is 5.93. The van der Waals surface area contributed by atoms with E-state index in [2.05, 4.69) is 35.7 Å². The Kier molecular flexibility index (Phi) is 13.5.